The number of nitrogens with zero attached hydrogens (tertiary/aromatic N) is 3. The maximum Gasteiger partial charge on any atom is 0.258 e. The van der Waals surface area contributed by atoms with Crippen molar-refractivity contribution in [3.05, 3.63) is 83.4 Å². The molecule has 2 amide bonds. The fourth-order valence-corrected chi connectivity index (χ4v) is 5.90. The molecule has 0 bridgehead atoms. The van der Waals surface area contributed by atoms with Crippen LogP contribution in [0.1, 0.15) is 66.3 Å². The van der Waals surface area contributed by atoms with E-state index >= 15 is 0 Å². The van der Waals surface area contributed by atoms with E-state index in [9.17, 15) is 14.7 Å². The highest BCUT2D eigenvalue weighted by Gasteiger charge is 2.30. The molecule has 4 rings (SSSR count). The monoisotopic (exact) mass is 659 g/mol. The number of nitrogens with one attached hydrogen (secondary N) is 1. The van der Waals surface area contributed by atoms with Crippen molar-refractivity contribution in [2.24, 2.45) is 5.92 Å². The van der Waals surface area contributed by atoms with Crippen LogP contribution in [-0.4, -0.2) is 92.4 Å². The van der Waals surface area contributed by atoms with Crippen LogP contribution in [0.3, 0.4) is 0 Å². The molecule has 260 valence electrons. The lowest BCUT2D eigenvalue weighted by Crippen LogP contribution is -2.47. The van der Waals surface area contributed by atoms with Gasteiger partial charge in [-0.3, -0.25) is 14.5 Å². The number of hydrogen-bond donors (Lipinski definition) is 3. The van der Waals surface area contributed by atoms with Gasteiger partial charge in [-0.1, -0.05) is 31.2 Å². The lowest BCUT2D eigenvalue weighted by molar-refractivity contribution is -0.0177. The number of nitrogens with two attached hydrogens (primary N) is 1. The van der Waals surface area contributed by atoms with Crippen LogP contribution in [0, 0.1) is 5.92 Å². The number of para-hydroxylation sites is 2. The second-order valence-electron chi connectivity index (χ2n) is 13.3. The molecule has 10 heteroatoms. The molecule has 3 aromatic rings. The van der Waals surface area contributed by atoms with E-state index in [1.54, 1.807) is 17.0 Å². The van der Waals surface area contributed by atoms with Crippen molar-refractivity contribution < 1.29 is 24.2 Å². The molecule has 0 spiro atoms. The van der Waals surface area contributed by atoms with Gasteiger partial charge in [-0.25, -0.2) is 0 Å². The molecule has 0 aliphatic carbocycles. The van der Waals surface area contributed by atoms with E-state index < -0.39 is 6.04 Å². The van der Waals surface area contributed by atoms with Gasteiger partial charge < -0.3 is 35.4 Å². The fourth-order valence-electron chi connectivity index (χ4n) is 5.90. The number of anilines is 3. The Bertz CT molecular complexity index is 1500. The minimum absolute atomic E-state index is 0.0230. The van der Waals surface area contributed by atoms with Crippen molar-refractivity contribution in [1.29, 1.82) is 0 Å². The van der Waals surface area contributed by atoms with Gasteiger partial charge in [-0.05, 0) is 88.2 Å². The molecular formula is C38H53N5O5. The Labute approximate surface area is 285 Å². The molecule has 1 aliphatic heterocycles. The lowest BCUT2D eigenvalue weighted by atomic mass is 10.0. The van der Waals surface area contributed by atoms with Crippen LogP contribution < -0.4 is 20.7 Å². The highest BCUT2D eigenvalue weighted by atomic mass is 16.5. The number of ether oxygens (including phenoxy) is 2. The van der Waals surface area contributed by atoms with Gasteiger partial charge >= 0.3 is 0 Å². The van der Waals surface area contributed by atoms with Gasteiger partial charge in [0.05, 0.1) is 41.8 Å². The van der Waals surface area contributed by atoms with E-state index in [4.69, 9.17) is 15.2 Å². The van der Waals surface area contributed by atoms with E-state index in [-0.39, 0.29) is 36.5 Å². The van der Waals surface area contributed by atoms with E-state index in [1.165, 1.54) is 0 Å². The van der Waals surface area contributed by atoms with Crippen LogP contribution in [0.5, 0.6) is 5.75 Å². The molecule has 0 aromatic heterocycles. The van der Waals surface area contributed by atoms with Crippen molar-refractivity contribution >= 4 is 28.9 Å². The minimum atomic E-state index is -0.395. The van der Waals surface area contributed by atoms with Crippen LogP contribution in [-0.2, 0) is 11.3 Å². The number of benzene rings is 3. The normalized spacial score (nSPS) is 20.0. The Balaban J connectivity index is 1.49. The lowest BCUT2D eigenvalue weighted by Gasteiger charge is -2.36. The molecule has 48 heavy (non-hydrogen) atoms. The van der Waals surface area contributed by atoms with Gasteiger partial charge in [0.2, 0.25) is 0 Å². The molecule has 4 atom stereocenters. The summed E-state index contributed by atoms with van der Waals surface area (Å²) in [5.41, 5.74) is 10.1. The summed E-state index contributed by atoms with van der Waals surface area (Å²) >= 11 is 0. The molecule has 0 fully saturated rings. The standard InChI is InChI=1S/C38H53N5O5/c1-26-22-43(27(2)25-44)38(46)32-21-31(41(4)5)18-19-35(32)48-28(3)11-9-10-20-47-36(26)24-42(6)23-29-14-16-30(17-15-29)37(45)40-34-13-8-7-12-33(34)39/h7-8,12-19,21,26-28,36,44H,9-11,20,22-25,39H2,1-6H3,(H,40,45)/t26-,27-,28+,36+/m0/s1. The molecule has 0 saturated heterocycles. The zero-order chi connectivity index (χ0) is 34.8. The predicted molar refractivity (Wildman–Crippen MR) is 193 cm³/mol. The first-order chi connectivity index (χ1) is 23.0. The third kappa shape index (κ3) is 9.95. The average Bonchev–Trinajstić information content (AvgIpc) is 3.06. The first kappa shape index (κ1) is 36.7. The number of rotatable bonds is 9. The Morgan fingerprint density at radius 1 is 1.06 bits per heavy atom. The Hall–Kier alpha value is -4.12. The zero-order valence-corrected chi connectivity index (χ0v) is 29.3. The topological polar surface area (TPSA) is 121 Å². The van der Waals surface area contributed by atoms with Crippen molar-refractivity contribution in [2.45, 2.75) is 64.8 Å². The molecule has 0 unspecified atom stereocenters. The minimum Gasteiger partial charge on any atom is -0.490 e. The molecule has 4 N–H and O–H groups in total. The number of carbonyl (C=O) groups excluding carboxylic acids is 2. The first-order valence-corrected chi connectivity index (χ1v) is 16.9. The second-order valence-corrected chi connectivity index (χ2v) is 13.3. The Morgan fingerprint density at radius 2 is 1.79 bits per heavy atom. The van der Waals surface area contributed by atoms with E-state index in [1.807, 2.05) is 87.4 Å². The summed E-state index contributed by atoms with van der Waals surface area (Å²) in [5, 5.41) is 13.1. The molecular weight excluding hydrogens is 606 g/mol. The van der Waals surface area contributed by atoms with Crippen molar-refractivity contribution in [3.63, 3.8) is 0 Å². The molecule has 10 nitrogen and oxygen atoms in total. The average molecular weight is 660 g/mol. The summed E-state index contributed by atoms with van der Waals surface area (Å²) in [5.74, 6) is 0.161. The maximum atomic E-state index is 14.2. The number of nitrogen functional groups attached to an aromatic ring is 1. The number of carbonyl (C=O) groups is 2. The third-order valence-corrected chi connectivity index (χ3v) is 8.92. The van der Waals surface area contributed by atoms with Gasteiger partial charge in [0, 0.05) is 57.5 Å². The van der Waals surface area contributed by atoms with Gasteiger partial charge in [-0.2, -0.15) is 0 Å². The smallest absolute Gasteiger partial charge is 0.258 e. The maximum absolute atomic E-state index is 14.2. The third-order valence-electron chi connectivity index (χ3n) is 8.92. The van der Waals surface area contributed by atoms with Crippen molar-refractivity contribution in [2.75, 3.05) is 63.4 Å². The quantitative estimate of drug-likeness (QED) is 0.257. The summed E-state index contributed by atoms with van der Waals surface area (Å²) in [6.07, 6.45) is 2.48. The molecule has 1 heterocycles. The van der Waals surface area contributed by atoms with Crippen molar-refractivity contribution in [3.8, 4) is 5.75 Å². The van der Waals surface area contributed by atoms with E-state index in [2.05, 4.69) is 24.2 Å². The van der Waals surface area contributed by atoms with Crippen LogP contribution in [0.4, 0.5) is 17.1 Å². The van der Waals surface area contributed by atoms with Crippen LogP contribution >= 0.6 is 0 Å². The van der Waals surface area contributed by atoms with Gasteiger partial charge in [0.15, 0.2) is 0 Å². The second kappa shape index (κ2) is 17.3. The van der Waals surface area contributed by atoms with Crippen LogP contribution in [0.15, 0.2) is 66.7 Å². The van der Waals surface area contributed by atoms with E-state index in [0.29, 0.717) is 54.5 Å². The fraction of sp³-hybridized carbons (Fsp3) is 0.474. The van der Waals surface area contributed by atoms with Gasteiger partial charge in [0.25, 0.3) is 11.8 Å². The number of fused-ring (bicyclic) bond motifs is 1. The molecule has 3 aromatic carbocycles. The van der Waals surface area contributed by atoms with E-state index in [0.717, 1.165) is 30.5 Å². The molecule has 0 radical (unpaired) electrons. The molecule has 1 aliphatic rings. The van der Waals surface area contributed by atoms with Crippen LogP contribution in [0.25, 0.3) is 0 Å². The van der Waals surface area contributed by atoms with Crippen LogP contribution in [0.2, 0.25) is 0 Å². The summed E-state index contributed by atoms with van der Waals surface area (Å²) in [7, 11) is 5.94. The Morgan fingerprint density at radius 3 is 2.48 bits per heavy atom. The Kier molecular flexibility index (Phi) is 13.3. The van der Waals surface area contributed by atoms with Gasteiger partial charge in [-0.15, -0.1) is 0 Å². The summed E-state index contributed by atoms with van der Waals surface area (Å²) in [6, 6.07) is 20.1. The number of aliphatic hydroxyl groups excluding tert-OH is 1. The van der Waals surface area contributed by atoms with Crippen molar-refractivity contribution in [1.82, 2.24) is 9.80 Å². The zero-order valence-electron chi connectivity index (χ0n) is 29.3. The summed E-state index contributed by atoms with van der Waals surface area (Å²) in [6.45, 7) is 8.18. The first-order valence-electron chi connectivity index (χ1n) is 16.9. The summed E-state index contributed by atoms with van der Waals surface area (Å²) in [4.78, 5) is 33.0. The number of hydrogen-bond acceptors (Lipinski definition) is 8. The predicted octanol–water partition coefficient (Wildman–Crippen LogP) is 5.51. The largest absolute Gasteiger partial charge is 0.490 e. The molecule has 0 saturated carbocycles. The van der Waals surface area contributed by atoms with Gasteiger partial charge in [0.1, 0.15) is 5.75 Å². The number of likely N-dealkylation sites (N-methyl/N-ethyl adjacent to an activating group) is 1. The number of amides is 2. The highest BCUT2D eigenvalue weighted by molar-refractivity contribution is 6.05. The number of aliphatic hydroxyl groups is 1. The summed E-state index contributed by atoms with van der Waals surface area (Å²) < 4.78 is 12.8. The SMILES string of the molecule is C[C@@H]1CCCCO[C@H](CN(C)Cc2ccc(C(=O)Nc3ccccc3N)cc2)[C@@H](C)CN([C@@H](C)CO)C(=O)c2cc(N(C)C)ccc2O1. The highest BCUT2D eigenvalue weighted by Crippen LogP contribution is 2.29.